The molecule has 4 heteroatoms. The maximum absolute atomic E-state index is 13.4. The van der Waals surface area contributed by atoms with E-state index < -0.39 is 5.82 Å². The van der Waals surface area contributed by atoms with Gasteiger partial charge in [0.1, 0.15) is 11.6 Å². The third-order valence-corrected chi connectivity index (χ3v) is 3.91. The molecule has 0 saturated heterocycles. The Kier molecular flexibility index (Phi) is 5.59. The molecule has 21 heavy (non-hydrogen) atoms. The van der Waals surface area contributed by atoms with Crippen LogP contribution in [0.1, 0.15) is 11.1 Å². The predicted octanol–water partition coefficient (Wildman–Crippen LogP) is 3.88. The summed E-state index contributed by atoms with van der Waals surface area (Å²) in [5.41, 5.74) is 1.83. The van der Waals surface area contributed by atoms with E-state index in [4.69, 9.17) is 16.3 Å². The number of aliphatic hydroxyl groups is 1. The van der Waals surface area contributed by atoms with E-state index in [-0.39, 0.29) is 17.5 Å². The van der Waals surface area contributed by atoms with Crippen molar-refractivity contribution in [2.45, 2.75) is 12.8 Å². The van der Waals surface area contributed by atoms with Gasteiger partial charge in [-0.15, -0.1) is 0 Å². The smallest absolute Gasteiger partial charge is 0.142 e. The lowest BCUT2D eigenvalue weighted by atomic mass is 9.93. The third kappa shape index (κ3) is 4.19. The first-order valence-electron chi connectivity index (χ1n) is 6.80. The first-order chi connectivity index (χ1) is 10.1. The average molecular weight is 309 g/mol. The molecule has 0 fully saturated rings. The number of ether oxygens (including phenoxy) is 1. The van der Waals surface area contributed by atoms with E-state index in [2.05, 4.69) is 0 Å². The van der Waals surface area contributed by atoms with Gasteiger partial charge in [-0.1, -0.05) is 35.9 Å². The molecule has 0 saturated carbocycles. The molecule has 2 aromatic carbocycles. The maximum atomic E-state index is 13.4. The zero-order chi connectivity index (χ0) is 15.2. The molecule has 0 spiro atoms. The lowest BCUT2D eigenvalue weighted by Crippen LogP contribution is -2.13. The zero-order valence-electron chi connectivity index (χ0n) is 11.9. The van der Waals surface area contributed by atoms with Crippen LogP contribution in [0.2, 0.25) is 5.02 Å². The Bertz CT molecular complexity index is 584. The largest absolute Gasteiger partial charge is 0.497 e. The summed E-state index contributed by atoms with van der Waals surface area (Å²) in [5, 5.41) is 9.69. The minimum Gasteiger partial charge on any atom is -0.497 e. The van der Waals surface area contributed by atoms with Gasteiger partial charge in [0.2, 0.25) is 0 Å². The molecule has 0 bridgehead atoms. The molecule has 0 aromatic heterocycles. The summed E-state index contributed by atoms with van der Waals surface area (Å²) in [6.45, 7) is 0.0267. The van der Waals surface area contributed by atoms with Crippen molar-refractivity contribution in [2.75, 3.05) is 13.7 Å². The van der Waals surface area contributed by atoms with Crippen LogP contribution in [0.15, 0.2) is 42.5 Å². The van der Waals surface area contributed by atoms with Crippen LogP contribution in [-0.2, 0) is 12.8 Å². The van der Waals surface area contributed by atoms with E-state index in [1.165, 1.54) is 6.07 Å². The highest BCUT2D eigenvalue weighted by molar-refractivity contribution is 6.31. The minimum absolute atomic E-state index is 0.00213. The number of benzene rings is 2. The molecule has 2 nitrogen and oxygen atoms in total. The molecule has 0 aliphatic carbocycles. The fraction of sp³-hybridized carbons (Fsp3) is 0.294. The summed E-state index contributed by atoms with van der Waals surface area (Å²) in [6.07, 6.45) is 1.24. The van der Waals surface area contributed by atoms with Crippen molar-refractivity contribution >= 4 is 11.6 Å². The van der Waals surface area contributed by atoms with Crippen molar-refractivity contribution in [1.29, 1.82) is 0 Å². The second-order valence-corrected chi connectivity index (χ2v) is 5.40. The zero-order valence-corrected chi connectivity index (χ0v) is 12.6. The van der Waals surface area contributed by atoms with Crippen LogP contribution < -0.4 is 4.74 Å². The highest BCUT2D eigenvalue weighted by atomic mass is 35.5. The number of aliphatic hydroxyl groups excluding tert-OH is 1. The van der Waals surface area contributed by atoms with E-state index in [0.717, 1.165) is 16.9 Å². The quantitative estimate of drug-likeness (QED) is 0.877. The Morgan fingerprint density at radius 2 is 1.86 bits per heavy atom. The second-order valence-electron chi connectivity index (χ2n) is 5.02. The average Bonchev–Trinajstić information content (AvgIpc) is 2.51. The fourth-order valence-electron chi connectivity index (χ4n) is 2.31. The highest BCUT2D eigenvalue weighted by Crippen LogP contribution is 2.24. The summed E-state index contributed by atoms with van der Waals surface area (Å²) in [7, 11) is 1.62. The first kappa shape index (κ1) is 15.8. The van der Waals surface area contributed by atoms with Gasteiger partial charge >= 0.3 is 0 Å². The summed E-state index contributed by atoms with van der Waals surface area (Å²) in [5.74, 6) is 0.375. The molecular formula is C17H18ClFO2. The van der Waals surface area contributed by atoms with E-state index in [9.17, 15) is 9.50 Å². The number of hydrogen-bond acceptors (Lipinski definition) is 2. The van der Waals surface area contributed by atoms with Crippen molar-refractivity contribution in [1.82, 2.24) is 0 Å². The Hall–Kier alpha value is -1.58. The molecule has 2 rings (SSSR count). The lowest BCUT2D eigenvalue weighted by Gasteiger charge is -2.15. The molecule has 1 N–H and O–H groups in total. The second kappa shape index (κ2) is 7.43. The maximum Gasteiger partial charge on any atom is 0.142 e. The van der Waals surface area contributed by atoms with Crippen LogP contribution in [0.25, 0.3) is 0 Å². The Morgan fingerprint density at radius 1 is 1.14 bits per heavy atom. The van der Waals surface area contributed by atoms with Crippen molar-refractivity contribution in [3.05, 3.63) is 64.4 Å². The molecule has 0 aliphatic heterocycles. The fourth-order valence-corrected chi connectivity index (χ4v) is 2.52. The Balaban J connectivity index is 2.07. The van der Waals surface area contributed by atoms with Crippen LogP contribution >= 0.6 is 11.6 Å². The van der Waals surface area contributed by atoms with Crippen LogP contribution in [0.4, 0.5) is 4.39 Å². The van der Waals surface area contributed by atoms with Gasteiger partial charge in [0.05, 0.1) is 12.1 Å². The van der Waals surface area contributed by atoms with Gasteiger partial charge in [0.15, 0.2) is 0 Å². The number of halogens is 2. The molecule has 1 unspecified atom stereocenters. The van der Waals surface area contributed by atoms with Gasteiger partial charge in [-0.05, 0) is 48.1 Å². The topological polar surface area (TPSA) is 29.5 Å². The normalized spacial score (nSPS) is 12.2. The molecule has 1 atom stereocenters. The van der Waals surface area contributed by atoms with E-state index in [0.29, 0.717) is 12.8 Å². The molecule has 112 valence electrons. The van der Waals surface area contributed by atoms with Crippen molar-refractivity contribution < 1.29 is 14.2 Å². The van der Waals surface area contributed by atoms with E-state index >= 15 is 0 Å². The summed E-state index contributed by atoms with van der Waals surface area (Å²) < 4.78 is 18.6. The number of hydrogen-bond donors (Lipinski definition) is 1. The monoisotopic (exact) mass is 308 g/mol. The molecule has 0 aliphatic rings. The molecule has 0 heterocycles. The van der Waals surface area contributed by atoms with Crippen LogP contribution in [0.3, 0.4) is 0 Å². The van der Waals surface area contributed by atoms with Gasteiger partial charge in [0.25, 0.3) is 0 Å². The van der Waals surface area contributed by atoms with Crippen molar-refractivity contribution in [3.8, 4) is 5.75 Å². The van der Waals surface area contributed by atoms with Gasteiger partial charge in [-0.3, -0.25) is 0 Å². The Labute approximate surface area is 129 Å². The molecule has 0 radical (unpaired) electrons. The summed E-state index contributed by atoms with van der Waals surface area (Å²) in [6, 6.07) is 12.5. The minimum atomic E-state index is -0.421. The standard InChI is InChI=1S/C17H18ClFO2/c1-21-15-7-5-12(6-8-15)9-13(11-20)10-14-3-2-4-16(19)17(14)18/h2-8,13,20H,9-11H2,1H3. The van der Waals surface area contributed by atoms with Crippen LogP contribution in [0.5, 0.6) is 5.75 Å². The Morgan fingerprint density at radius 3 is 2.48 bits per heavy atom. The van der Waals surface area contributed by atoms with Gasteiger partial charge in [-0.25, -0.2) is 4.39 Å². The number of methoxy groups -OCH3 is 1. The van der Waals surface area contributed by atoms with E-state index in [1.54, 1.807) is 19.2 Å². The van der Waals surface area contributed by atoms with Crippen molar-refractivity contribution in [3.63, 3.8) is 0 Å². The number of rotatable bonds is 6. The summed E-state index contributed by atoms with van der Waals surface area (Å²) >= 11 is 5.96. The predicted molar refractivity (Wildman–Crippen MR) is 82.4 cm³/mol. The third-order valence-electron chi connectivity index (χ3n) is 3.48. The van der Waals surface area contributed by atoms with Gasteiger partial charge in [-0.2, -0.15) is 0 Å². The van der Waals surface area contributed by atoms with Crippen LogP contribution in [0, 0.1) is 11.7 Å². The SMILES string of the molecule is COc1ccc(CC(CO)Cc2cccc(F)c2Cl)cc1. The lowest BCUT2D eigenvalue weighted by molar-refractivity contribution is 0.225. The van der Waals surface area contributed by atoms with Crippen LogP contribution in [-0.4, -0.2) is 18.8 Å². The first-order valence-corrected chi connectivity index (χ1v) is 7.18. The van der Waals surface area contributed by atoms with E-state index in [1.807, 2.05) is 24.3 Å². The van der Waals surface area contributed by atoms with Gasteiger partial charge < -0.3 is 9.84 Å². The molecule has 2 aromatic rings. The van der Waals surface area contributed by atoms with Crippen molar-refractivity contribution in [2.24, 2.45) is 5.92 Å². The molecular weight excluding hydrogens is 291 g/mol. The highest BCUT2D eigenvalue weighted by Gasteiger charge is 2.14. The summed E-state index contributed by atoms with van der Waals surface area (Å²) in [4.78, 5) is 0. The van der Waals surface area contributed by atoms with Gasteiger partial charge in [0, 0.05) is 6.61 Å². The molecule has 0 amide bonds.